The number of hydrogen-bond donors (Lipinski definition) is 1. The lowest BCUT2D eigenvalue weighted by atomic mass is 9.84. The molecule has 1 unspecified atom stereocenters. The first kappa shape index (κ1) is 14.8. The lowest BCUT2D eigenvalue weighted by Crippen LogP contribution is -2.37. The predicted molar refractivity (Wildman–Crippen MR) is 94.2 cm³/mol. The SMILES string of the molecule is COc1ccc2nc(N3CCC(C4CCNC4)CC3)ccc2c1. The monoisotopic (exact) mass is 311 g/mol. The van der Waals surface area contributed by atoms with Crippen molar-refractivity contribution in [2.24, 2.45) is 11.8 Å². The van der Waals surface area contributed by atoms with Crippen LogP contribution in [0.1, 0.15) is 19.3 Å². The van der Waals surface area contributed by atoms with Gasteiger partial charge in [-0.1, -0.05) is 0 Å². The van der Waals surface area contributed by atoms with E-state index >= 15 is 0 Å². The number of nitrogens with one attached hydrogen (secondary N) is 1. The first-order chi connectivity index (χ1) is 11.3. The highest BCUT2D eigenvalue weighted by Crippen LogP contribution is 2.31. The molecular formula is C19H25N3O. The van der Waals surface area contributed by atoms with E-state index in [0.717, 1.165) is 47.4 Å². The number of aromatic nitrogens is 1. The van der Waals surface area contributed by atoms with Crippen LogP contribution in [0.3, 0.4) is 0 Å². The molecule has 122 valence electrons. The fourth-order valence-electron chi connectivity index (χ4n) is 4.08. The van der Waals surface area contributed by atoms with Crippen LogP contribution in [0.25, 0.3) is 10.9 Å². The van der Waals surface area contributed by atoms with Crippen LogP contribution < -0.4 is 15.0 Å². The Morgan fingerprint density at radius 2 is 1.96 bits per heavy atom. The minimum Gasteiger partial charge on any atom is -0.497 e. The highest BCUT2D eigenvalue weighted by atomic mass is 16.5. The summed E-state index contributed by atoms with van der Waals surface area (Å²) >= 11 is 0. The Kier molecular flexibility index (Phi) is 4.08. The molecule has 2 aliphatic heterocycles. The molecule has 2 saturated heterocycles. The molecule has 1 aromatic carbocycles. The topological polar surface area (TPSA) is 37.4 Å². The number of pyridine rings is 1. The van der Waals surface area contributed by atoms with E-state index in [4.69, 9.17) is 9.72 Å². The van der Waals surface area contributed by atoms with E-state index in [1.165, 1.54) is 32.4 Å². The van der Waals surface area contributed by atoms with Crippen LogP contribution in [-0.2, 0) is 0 Å². The third kappa shape index (κ3) is 3.00. The van der Waals surface area contributed by atoms with E-state index in [2.05, 4.69) is 28.4 Å². The lowest BCUT2D eigenvalue weighted by molar-refractivity contribution is 0.291. The fraction of sp³-hybridized carbons (Fsp3) is 0.526. The van der Waals surface area contributed by atoms with Gasteiger partial charge in [0.05, 0.1) is 12.6 Å². The van der Waals surface area contributed by atoms with Crippen LogP contribution in [0, 0.1) is 11.8 Å². The summed E-state index contributed by atoms with van der Waals surface area (Å²) in [4.78, 5) is 7.30. The molecule has 2 aliphatic rings. The van der Waals surface area contributed by atoms with E-state index in [1.807, 2.05) is 12.1 Å². The van der Waals surface area contributed by atoms with E-state index in [9.17, 15) is 0 Å². The van der Waals surface area contributed by atoms with Crippen molar-refractivity contribution in [1.82, 2.24) is 10.3 Å². The molecule has 0 radical (unpaired) electrons. The van der Waals surface area contributed by atoms with Crippen molar-refractivity contribution < 1.29 is 4.74 Å². The maximum Gasteiger partial charge on any atom is 0.129 e. The molecule has 1 N–H and O–H groups in total. The maximum absolute atomic E-state index is 5.29. The van der Waals surface area contributed by atoms with E-state index in [-0.39, 0.29) is 0 Å². The molecule has 0 aliphatic carbocycles. The quantitative estimate of drug-likeness (QED) is 0.945. The Morgan fingerprint density at radius 3 is 2.70 bits per heavy atom. The van der Waals surface area contributed by atoms with E-state index in [1.54, 1.807) is 7.11 Å². The van der Waals surface area contributed by atoms with Gasteiger partial charge in [-0.25, -0.2) is 4.98 Å². The highest BCUT2D eigenvalue weighted by Gasteiger charge is 2.28. The smallest absolute Gasteiger partial charge is 0.129 e. The van der Waals surface area contributed by atoms with Gasteiger partial charge in [0.15, 0.2) is 0 Å². The van der Waals surface area contributed by atoms with Gasteiger partial charge in [0.2, 0.25) is 0 Å². The minimum absolute atomic E-state index is 0.887. The number of ether oxygens (including phenoxy) is 1. The molecule has 0 bridgehead atoms. The summed E-state index contributed by atoms with van der Waals surface area (Å²) in [5.74, 6) is 3.80. The van der Waals surface area contributed by atoms with Gasteiger partial charge in [0.1, 0.15) is 11.6 Å². The van der Waals surface area contributed by atoms with E-state index < -0.39 is 0 Å². The zero-order valence-electron chi connectivity index (χ0n) is 13.8. The van der Waals surface area contributed by atoms with Gasteiger partial charge < -0.3 is 15.0 Å². The van der Waals surface area contributed by atoms with Gasteiger partial charge in [0.25, 0.3) is 0 Å². The number of piperidine rings is 1. The van der Waals surface area contributed by atoms with Crippen molar-refractivity contribution in [1.29, 1.82) is 0 Å². The fourth-order valence-corrected chi connectivity index (χ4v) is 4.08. The van der Waals surface area contributed by atoms with Crippen LogP contribution in [0.5, 0.6) is 5.75 Å². The largest absolute Gasteiger partial charge is 0.497 e. The Hall–Kier alpha value is -1.81. The molecule has 0 saturated carbocycles. The standard InChI is InChI=1S/C19H25N3O/c1-23-17-3-4-18-15(12-17)2-5-19(21-18)22-10-7-14(8-11-22)16-6-9-20-13-16/h2-5,12,14,16,20H,6-11,13H2,1H3. The average Bonchev–Trinajstić information content (AvgIpc) is 3.15. The number of nitrogens with zero attached hydrogens (tertiary/aromatic N) is 2. The second kappa shape index (κ2) is 6.36. The third-order valence-corrected chi connectivity index (χ3v) is 5.51. The van der Waals surface area contributed by atoms with Crippen LogP contribution in [-0.4, -0.2) is 38.3 Å². The Bertz CT molecular complexity index is 673. The van der Waals surface area contributed by atoms with Gasteiger partial charge in [-0.3, -0.25) is 0 Å². The van der Waals surface area contributed by atoms with Gasteiger partial charge in [-0.05, 0) is 74.5 Å². The molecule has 0 amide bonds. The first-order valence-corrected chi connectivity index (χ1v) is 8.74. The summed E-state index contributed by atoms with van der Waals surface area (Å²) in [7, 11) is 1.70. The van der Waals surface area contributed by atoms with Crippen molar-refractivity contribution in [3.05, 3.63) is 30.3 Å². The molecule has 1 aromatic heterocycles. The number of hydrogen-bond acceptors (Lipinski definition) is 4. The minimum atomic E-state index is 0.887. The summed E-state index contributed by atoms with van der Waals surface area (Å²) in [6, 6.07) is 10.4. The number of rotatable bonds is 3. The summed E-state index contributed by atoms with van der Waals surface area (Å²) in [6.07, 6.45) is 3.96. The molecule has 1 atom stereocenters. The second-order valence-corrected chi connectivity index (χ2v) is 6.81. The number of fused-ring (bicyclic) bond motifs is 1. The molecule has 3 heterocycles. The Balaban J connectivity index is 1.47. The molecule has 4 heteroatoms. The van der Waals surface area contributed by atoms with Gasteiger partial charge >= 0.3 is 0 Å². The number of methoxy groups -OCH3 is 1. The first-order valence-electron chi connectivity index (χ1n) is 8.74. The normalized spacial score (nSPS) is 22.7. The van der Waals surface area contributed by atoms with Gasteiger partial charge in [0, 0.05) is 18.5 Å². The molecule has 2 aromatic rings. The molecule has 2 fully saturated rings. The van der Waals surface area contributed by atoms with Crippen molar-refractivity contribution in [2.45, 2.75) is 19.3 Å². The second-order valence-electron chi connectivity index (χ2n) is 6.81. The summed E-state index contributed by atoms with van der Waals surface area (Å²) < 4.78 is 5.29. The van der Waals surface area contributed by atoms with Crippen molar-refractivity contribution in [3.63, 3.8) is 0 Å². The van der Waals surface area contributed by atoms with Crippen molar-refractivity contribution in [2.75, 3.05) is 38.2 Å². The van der Waals surface area contributed by atoms with Crippen LogP contribution in [0.4, 0.5) is 5.82 Å². The number of benzene rings is 1. The zero-order valence-corrected chi connectivity index (χ0v) is 13.8. The summed E-state index contributed by atoms with van der Waals surface area (Å²) in [6.45, 7) is 4.70. The van der Waals surface area contributed by atoms with E-state index in [0.29, 0.717) is 0 Å². The molecule has 4 nitrogen and oxygen atoms in total. The molecule has 4 rings (SSSR count). The third-order valence-electron chi connectivity index (χ3n) is 5.51. The van der Waals surface area contributed by atoms with Crippen molar-refractivity contribution >= 4 is 16.7 Å². The zero-order chi connectivity index (χ0) is 15.6. The van der Waals surface area contributed by atoms with Crippen LogP contribution >= 0.6 is 0 Å². The van der Waals surface area contributed by atoms with Crippen molar-refractivity contribution in [3.8, 4) is 5.75 Å². The summed E-state index contributed by atoms with van der Waals surface area (Å²) in [5.41, 5.74) is 1.05. The summed E-state index contributed by atoms with van der Waals surface area (Å²) in [5, 5.41) is 4.64. The highest BCUT2D eigenvalue weighted by molar-refractivity contribution is 5.81. The lowest BCUT2D eigenvalue weighted by Gasteiger charge is -2.35. The van der Waals surface area contributed by atoms with Gasteiger partial charge in [-0.15, -0.1) is 0 Å². The Labute approximate surface area is 137 Å². The Morgan fingerprint density at radius 1 is 1.09 bits per heavy atom. The predicted octanol–water partition coefficient (Wildman–Crippen LogP) is 3.07. The van der Waals surface area contributed by atoms with Gasteiger partial charge in [-0.2, -0.15) is 0 Å². The maximum atomic E-state index is 5.29. The average molecular weight is 311 g/mol. The van der Waals surface area contributed by atoms with Crippen LogP contribution in [0.2, 0.25) is 0 Å². The van der Waals surface area contributed by atoms with Crippen LogP contribution in [0.15, 0.2) is 30.3 Å². The molecule has 0 spiro atoms. The molecule has 23 heavy (non-hydrogen) atoms. The number of anilines is 1. The molecular weight excluding hydrogens is 286 g/mol.